The Morgan fingerprint density at radius 2 is 0.400 bits per heavy atom. The maximum absolute atomic E-state index is 0. The molecule has 0 rings (SSSR count). The maximum atomic E-state index is 0. The molecule has 1 heteroatoms. The second-order valence-corrected chi connectivity index (χ2v) is 0. The van der Waals surface area contributed by atoms with Crippen LogP contribution in [0, 0.1) is 29.7 Å². The van der Waals surface area contributed by atoms with E-state index in [-0.39, 0.29) is 49.2 Å². The fourth-order valence-electron chi connectivity index (χ4n) is 0. The zero-order valence-corrected chi connectivity index (χ0v) is 5.97. The molecule has 0 N–H and O–H groups in total. The van der Waals surface area contributed by atoms with E-state index < -0.39 is 0 Å². The van der Waals surface area contributed by atoms with Crippen LogP contribution in [-0.2, 0) is 19.5 Å². The smallest absolute Gasteiger partial charge is 0 e. The van der Waals surface area contributed by atoms with Gasteiger partial charge in [0.05, 0.1) is 0 Å². The fourth-order valence-corrected chi connectivity index (χ4v) is 0. The molecule has 0 amide bonds. The number of hydrogen-bond acceptors (Lipinski definition) is 0. The number of rotatable bonds is 0. The number of hydrogen-bond donors (Lipinski definition) is 0. The van der Waals surface area contributed by atoms with Crippen LogP contribution in [-0.4, -0.2) is 0 Å². The third-order valence-electron chi connectivity index (χ3n) is 0. The Morgan fingerprint density at radius 1 is 0.400 bits per heavy atom. The van der Waals surface area contributed by atoms with Crippen LogP contribution in [0.5, 0.6) is 0 Å². The molecule has 41 valence electrons. The zero-order valence-electron chi connectivity index (χ0n) is 4.33. The van der Waals surface area contributed by atoms with Gasteiger partial charge in [-0.1, -0.05) is 0 Å². The molecule has 0 saturated heterocycles. The van der Waals surface area contributed by atoms with Gasteiger partial charge in [0.15, 0.2) is 0 Å². The van der Waals surface area contributed by atoms with Gasteiger partial charge in [0.1, 0.15) is 0 Å². The topological polar surface area (TPSA) is 0 Å². The minimum atomic E-state index is 0. The Bertz CT molecular complexity index is 3.61. The van der Waals surface area contributed by atoms with E-state index in [4.69, 9.17) is 0 Å². The monoisotopic (exact) mass is 163 g/mol. The molecule has 0 bridgehead atoms. The summed E-state index contributed by atoms with van der Waals surface area (Å²) < 4.78 is 0. The molecule has 0 aromatic heterocycles. The van der Waals surface area contributed by atoms with E-state index in [2.05, 4.69) is 0 Å². The first-order chi connectivity index (χ1) is 0. The van der Waals surface area contributed by atoms with E-state index >= 15 is 0 Å². The molecule has 0 aromatic rings. The SMILES string of the molecule is [CH3-].[CH3-].[CH3-].[CH3-].[Rh]. The zero-order chi connectivity index (χ0) is 0. The van der Waals surface area contributed by atoms with Crippen molar-refractivity contribution in [3.8, 4) is 0 Å². The molecule has 0 aromatic carbocycles. The van der Waals surface area contributed by atoms with Crippen LogP contribution in [0.4, 0.5) is 0 Å². The van der Waals surface area contributed by atoms with Gasteiger partial charge >= 0.3 is 0 Å². The second kappa shape index (κ2) is 156. The van der Waals surface area contributed by atoms with Crippen molar-refractivity contribution in [3.05, 3.63) is 29.7 Å². The van der Waals surface area contributed by atoms with Crippen molar-refractivity contribution in [2.75, 3.05) is 0 Å². The summed E-state index contributed by atoms with van der Waals surface area (Å²) in [5, 5.41) is 0. The summed E-state index contributed by atoms with van der Waals surface area (Å²) >= 11 is 0. The molecule has 0 nitrogen and oxygen atoms in total. The quantitative estimate of drug-likeness (QED) is 0.377. The van der Waals surface area contributed by atoms with Gasteiger partial charge in [-0.3, -0.25) is 0 Å². The molecule has 0 aliphatic carbocycles. The summed E-state index contributed by atoms with van der Waals surface area (Å²) in [5.74, 6) is 0. The predicted octanol–water partition coefficient (Wildman–Crippen LogP) is 1.80. The van der Waals surface area contributed by atoms with E-state index in [0.29, 0.717) is 0 Å². The van der Waals surface area contributed by atoms with Crippen molar-refractivity contribution in [1.82, 2.24) is 0 Å². The summed E-state index contributed by atoms with van der Waals surface area (Å²) in [4.78, 5) is 0. The van der Waals surface area contributed by atoms with Gasteiger partial charge in [-0.15, -0.1) is 0 Å². The second-order valence-electron chi connectivity index (χ2n) is 0. The van der Waals surface area contributed by atoms with Crippen LogP contribution < -0.4 is 0 Å². The minimum Gasteiger partial charge on any atom is -0.358 e. The van der Waals surface area contributed by atoms with Gasteiger partial charge < -0.3 is 29.7 Å². The Balaban J connectivity index is 0. The van der Waals surface area contributed by atoms with E-state index in [1.807, 2.05) is 0 Å². The molecule has 0 heterocycles. The summed E-state index contributed by atoms with van der Waals surface area (Å²) in [6.07, 6.45) is 0. The third kappa shape index (κ3) is 81.9. The van der Waals surface area contributed by atoms with Gasteiger partial charge in [-0.25, -0.2) is 0 Å². The Kier molecular flexibility index (Phi) is 9660. The molecule has 0 spiro atoms. The van der Waals surface area contributed by atoms with Crippen LogP contribution >= 0.6 is 0 Å². The summed E-state index contributed by atoms with van der Waals surface area (Å²) in [6.45, 7) is 0. The normalized spacial score (nSPS) is 0. The molecule has 0 saturated carbocycles. The largest absolute Gasteiger partial charge is 0.358 e. The van der Waals surface area contributed by atoms with Crippen LogP contribution in [0.3, 0.4) is 0 Å². The van der Waals surface area contributed by atoms with Gasteiger partial charge in [0.2, 0.25) is 0 Å². The molecule has 0 aliphatic heterocycles. The molecule has 0 unspecified atom stereocenters. The van der Waals surface area contributed by atoms with Crippen molar-refractivity contribution in [2.24, 2.45) is 0 Å². The predicted molar refractivity (Wildman–Crippen MR) is 25.7 cm³/mol. The maximum Gasteiger partial charge on any atom is 0 e. The van der Waals surface area contributed by atoms with Crippen LogP contribution in [0.2, 0.25) is 0 Å². The van der Waals surface area contributed by atoms with E-state index in [1.54, 1.807) is 0 Å². The van der Waals surface area contributed by atoms with Crippen LogP contribution in [0.25, 0.3) is 0 Å². The minimum absolute atomic E-state index is 0. The van der Waals surface area contributed by atoms with E-state index in [0.717, 1.165) is 0 Å². The van der Waals surface area contributed by atoms with Crippen molar-refractivity contribution in [2.45, 2.75) is 0 Å². The first-order valence-electron chi connectivity index (χ1n) is 0. The van der Waals surface area contributed by atoms with Crippen LogP contribution in [0.1, 0.15) is 0 Å². The van der Waals surface area contributed by atoms with Crippen LogP contribution in [0.15, 0.2) is 0 Å². The van der Waals surface area contributed by atoms with Gasteiger partial charge in [-0.05, 0) is 0 Å². The standard InChI is InChI=1S/4CH3.Rh/h4*1H3;/q4*-1;. The Hall–Kier alpha value is 0.623. The first-order valence-corrected chi connectivity index (χ1v) is 0. The molecular formula is C4H12Rh-4. The summed E-state index contributed by atoms with van der Waals surface area (Å²) in [7, 11) is 0. The molecule has 0 aliphatic rings. The average molecular weight is 163 g/mol. The van der Waals surface area contributed by atoms with Gasteiger partial charge in [0, 0.05) is 19.5 Å². The third-order valence-corrected chi connectivity index (χ3v) is 0. The summed E-state index contributed by atoms with van der Waals surface area (Å²) in [6, 6.07) is 0. The van der Waals surface area contributed by atoms with E-state index in [9.17, 15) is 0 Å². The first kappa shape index (κ1) is 309. The molecule has 5 heavy (non-hydrogen) atoms. The van der Waals surface area contributed by atoms with Crippen molar-refractivity contribution < 1.29 is 19.5 Å². The van der Waals surface area contributed by atoms with Gasteiger partial charge in [-0.2, -0.15) is 0 Å². The van der Waals surface area contributed by atoms with E-state index in [1.165, 1.54) is 0 Å². The van der Waals surface area contributed by atoms with Crippen molar-refractivity contribution in [3.63, 3.8) is 0 Å². The summed E-state index contributed by atoms with van der Waals surface area (Å²) in [5.41, 5.74) is 0. The Labute approximate surface area is 49.7 Å². The molecule has 1 radical (unpaired) electrons. The van der Waals surface area contributed by atoms with Crippen molar-refractivity contribution in [1.29, 1.82) is 0 Å². The molecule has 0 fully saturated rings. The molecule has 0 atom stereocenters. The molecular weight excluding hydrogens is 151 g/mol. The van der Waals surface area contributed by atoms with Gasteiger partial charge in [0.25, 0.3) is 0 Å². The fraction of sp³-hybridized carbons (Fsp3) is 0. The Morgan fingerprint density at radius 3 is 0.400 bits per heavy atom. The van der Waals surface area contributed by atoms with Crippen molar-refractivity contribution >= 4 is 0 Å². The average Bonchev–Trinajstić information content (AvgIpc) is 0.